The molecular weight excluding hydrogens is 240 g/mol. The van der Waals surface area contributed by atoms with Gasteiger partial charge in [0.05, 0.1) is 0 Å². The maximum absolute atomic E-state index is 11.7. The van der Waals surface area contributed by atoms with Gasteiger partial charge in [-0.15, -0.1) is 0 Å². The predicted molar refractivity (Wildman–Crippen MR) is 72.3 cm³/mol. The SMILES string of the molecule is C=C(C)C(=O)OC1CC2(C)CC1C1CC(CO)CC12. The van der Waals surface area contributed by atoms with Gasteiger partial charge in [0.1, 0.15) is 6.10 Å². The van der Waals surface area contributed by atoms with Crippen LogP contribution in [0.5, 0.6) is 0 Å². The zero-order valence-electron chi connectivity index (χ0n) is 11.9. The van der Waals surface area contributed by atoms with Crippen LogP contribution in [0.2, 0.25) is 0 Å². The molecule has 3 nitrogen and oxygen atoms in total. The van der Waals surface area contributed by atoms with Crippen LogP contribution in [0.3, 0.4) is 0 Å². The molecule has 0 aromatic rings. The Kier molecular flexibility index (Phi) is 3.01. The molecule has 0 radical (unpaired) electrons. The molecule has 0 aromatic heterocycles. The van der Waals surface area contributed by atoms with Gasteiger partial charge < -0.3 is 9.84 Å². The number of carbonyl (C=O) groups is 1. The van der Waals surface area contributed by atoms with Gasteiger partial charge in [0.25, 0.3) is 0 Å². The molecule has 0 saturated heterocycles. The number of hydrogen-bond acceptors (Lipinski definition) is 3. The average molecular weight is 264 g/mol. The van der Waals surface area contributed by atoms with Crippen molar-refractivity contribution in [2.45, 2.75) is 45.6 Å². The second-order valence-corrected chi connectivity index (χ2v) is 7.24. The Morgan fingerprint density at radius 1 is 1.37 bits per heavy atom. The van der Waals surface area contributed by atoms with Crippen molar-refractivity contribution in [3.05, 3.63) is 12.2 Å². The van der Waals surface area contributed by atoms with Crippen LogP contribution >= 0.6 is 0 Å². The molecule has 3 rings (SSSR count). The number of aliphatic hydroxyl groups excluding tert-OH is 1. The van der Waals surface area contributed by atoms with E-state index in [9.17, 15) is 9.90 Å². The quantitative estimate of drug-likeness (QED) is 0.629. The Balaban J connectivity index is 1.73. The van der Waals surface area contributed by atoms with Crippen LogP contribution in [0.4, 0.5) is 0 Å². The number of aliphatic hydroxyl groups is 1. The van der Waals surface area contributed by atoms with E-state index in [2.05, 4.69) is 13.5 Å². The van der Waals surface area contributed by atoms with Crippen molar-refractivity contribution < 1.29 is 14.6 Å². The summed E-state index contributed by atoms with van der Waals surface area (Å²) < 4.78 is 5.65. The van der Waals surface area contributed by atoms with Crippen LogP contribution < -0.4 is 0 Å². The first-order valence-electron chi connectivity index (χ1n) is 7.42. The van der Waals surface area contributed by atoms with Gasteiger partial charge in [0, 0.05) is 12.2 Å². The van der Waals surface area contributed by atoms with Crippen LogP contribution in [0.25, 0.3) is 0 Å². The molecule has 2 bridgehead atoms. The van der Waals surface area contributed by atoms with Gasteiger partial charge in [-0.2, -0.15) is 0 Å². The minimum absolute atomic E-state index is 0.0768. The summed E-state index contributed by atoms with van der Waals surface area (Å²) in [6.45, 7) is 8.02. The van der Waals surface area contributed by atoms with E-state index in [0.717, 1.165) is 25.2 Å². The summed E-state index contributed by atoms with van der Waals surface area (Å²) in [5.74, 6) is 2.12. The first-order chi connectivity index (χ1) is 8.94. The van der Waals surface area contributed by atoms with Crippen molar-refractivity contribution in [2.75, 3.05) is 6.61 Å². The number of carbonyl (C=O) groups excluding carboxylic acids is 1. The van der Waals surface area contributed by atoms with Crippen molar-refractivity contribution in [1.29, 1.82) is 0 Å². The lowest BCUT2D eigenvalue weighted by Crippen LogP contribution is -2.35. The highest BCUT2D eigenvalue weighted by atomic mass is 16.5. The largest absolute Gasteiger partial charge is 0.459 e. The number of ether oxygens (including phenoxy) is 1. The lowest BCUT2D eigenvalue weighted by molar-refractivity contribution is -0.148. The number of esters is 1. The van der Waals surface area contributed by atoms with E-state index in [-0.39, 0.29) is 12.1 Å². The summed E-state index contributed by atoms with van der Waals surface area (Å²) in [6.07, 6.45) is 4.54. The van der Waals surface area contributed by atoms with Gasteiger partial charge in [-0.3, -0.25) is 0 Å². The molecule has 0 heterocycles. The summed E-state index contributed by atoms with van der Waals surface area (Å²) in [4.78, 5) is 11.7. The van der Waals surface area contributed by atoms with Gasteiger partial charge >= 0.3 is 5.97 Å². The normalized spacial score (nSPS) is 47.2. The second kappa shape index (κ2) is 4.34. The van der Waals surface area contributed by atoms with Crippen molar-refractivity contribution >= 4 is 5.97 Å². The third kappa shape index (κ3) is 1.94. The topological polar surface area (TPSA) is 46.5 Å². The van der Waals surface area contributed by atoms with Gasteiger partial charge in [0.15, 0.2) is 0 Å². The van der Waals surface area contributed by atoms with Crippen LogP contribution in [0, 0.1) is 29.1 Å². The molecule has 3 saturated carbocycles. The van der Waals surface area contributed by atoms with Crippen LogP contribution in [0.15, 0.2) is 12.2 Å². The van der Waals surface area contributed by atoms with Crippen molar-refractivity contribution in [2.24, 2.45) is 29.1 Å². The van der Waals surface area contributed by atoms with Gasteiger partial charge in [-0.05, 0) is 61.7 Å². The molecular formula is C16H24O3. The second-order valence-electron chi connectivity index (χ2n) is 7.24. The highest BCUT2D eigenvalue weighted by Gasteiger charge is 2.62. The maximum atomic E-state index is 11.7. The monoisotopic (exact) mass is 264 g/mol. The Hall–Kier alpha value is -0.830. The van der Waals surface area contributed by atoms with Crippen LogP contribution in [-0.2, 0) is 9.53 Å². The predicted octanol–water partition coefficient (Wildman–Crippen LogP) is 2.54. The Morgan fingerprint density at radius 3 is 2.74 bits per heavy atom. The molecule has 0 amide bonds. The zero-order valence-corrected chi connectivity index (χ0v) is 11.9. The van der Waals surface area contributed by atoms with E-state index in [1.807, 2.05) is 0 Å². The molecule has 3 fully saturated rings. The van der Waals surface area contributed by atoms with Gasteiger partial charge in [0.2, 0.25) is 0 Å². The molecule has 0 aromatic carbocycles. The molecule has 3 heteroatoms. The zero-order chi connectivity index (χ0) is 13.8. The molecule has 0 aliphatic heterocycles. The molecule has 106 valence electrons. The summed E-state index contributed by atoms with van der Waals surface area (Å²) in [5.41, 5.74) is 0.809. The number of fused-ring (bicyclic) bond motifs is 5. The van der Waals surface area contributed by atoms with E-state index >= 15 is 0 Å². The first-order valence-corrected chi connectivity index (χ1v) is 7.42. The fourth-order valence-corrected chi connectivity index (χ4v) is 5.06. The molecule has 19 heavy (non-hydrogen) atoms. The van der Waals surface area contributed by atoms with Gasteiger partial charge in [-0.1, -0.05) is 13.5 Å². The Morgan fingerprint density at radius 2 is 2.11 bits per heavy atom. The molecule has 3 aliphatic carbocycles. The third-order valence-electron chi connectivity index (χ3n) is 5.87. The van der Waals surface area contributed by atoms with E-state index in [1.165, 1.54) is 6.42 Å². The smallest absolute Gasteiger partial charge is 0.333 e. The van der Waals surface area contributed by atoms with Crippen molar-refractivity contribution in [3.63, 3.8) is 0 Å². The van der Waals surface area contributed by atoms with Gasteiger partial charge in [-0.25, -0.2) is 4.79 Å². The summed E-state index contributed by atoms with van der Waals surface area (Å²) in [6, 6.07) is 0. The molecule has 6 atom stereocenters. The van der Waals surface area contributed by atoms with Crippen molar-refractivity contribution in [1.82, 2.24) is 0 Å². The minimum Gasteiger partial charge on any atom is -0.459 e. The van der Waals surface area contributed by atoms with Crippen molar-refractivity contribution in [3.8, 4) is 0 Å². The standard InChI is InChI=1S/C16H24O3/c1-9(2)15(18)19-14-7-16(3)6-12(14)11-4-10(8-17)5-13(11)16/h10-14,17H,1,4-8H2,2-3H3. The average Bonchev–Trinajstić information content (AvgIpc) is 2.96. The summed E-state index contributed by atoms with van der Waals surface area (Å²) in [5, 5.41) is 9.39. The fraction of sp³-hybridized carbons (Fsp3) is 0.812. The van der Waals surface area contributed by atoms with Crippen LogP contribution in [0.1, 0.15) is 39.5 Å². The molecule has 6 unspecified atom stereocenters. The lowest BCUT2D eigenvalue weighted by atomic mass is 9.72. The molecule has 1 N–H and O–H groups in total. The third-order valence-corrected chi connectivity index (χ3v) is 5.87. The molecule has 0 spiro atoms. The highest BCUT2D eigenvalue weighted by molar-refractivity contribution is 5.87. The van der Waals surface area contributed by atoms with E-state index in [1.54, 1.807) is 6.92 Å². The maximum Gasteiger partial charge on any atom is 0.333 e. The Labute approximate surface area is 115 Å². The highest BCUT2D eigenvalue weighted by Crippen LogP contribution is 2.66. The lowest BCUT2D eigenvalue weighted by Gasteiger charge is -2.36. The molecule has 3 aliphatic rings. The fourth-order valence-electron chi connectivity index (χ4n) is 5.06. The summed E-state index contributed by atoms with van der Waals surface area (Å²) >= 11 is 0. The van der Waals surface area contributed by atoms with Crippen LogP contribution in [-0.4, -0.2) is 23.8 Å². The van der Waals surface area contributed by atoms with E-state index < -0.39 is 0 Å². The summed E-state index contributed by atoms with van der Waals surface area (Å²) in [7, 11) is 0. The number of hydrogen-bond donors (Lipinski definition) is 1. The van der Waals surface area contributed by atoms with E-state index in [4.69, 9.17) is 4.74 Å². The van der Waals surface area contributed by atoms with E-state index in [0.29, 0.717) is 35.3 Å². The Bertz CT molecular complexity index is 416. The minimum atomic E-state index is -0.241. The first kappa shape index (κ1) is 13.2. The number of rotatable bonds is 3.